The number of carbonyl (C=O) groups is 2. The number of hydrogen-bond donors (Lipinski definition) is 0. The van der Waals surface area contributed by atoms with Gasteiger partial charge in [-0.2, -0.15) is 0 Å². The molecule has 2 aliphatic heterocycles. The fourth-order valence-electron chi connectivity index (χ4n) is 5.43. The predicted octanol–water partition coefficient (Wildman–Crippen LogP) is 4.83. The molecule has 3 heterocycles. The van der Waals surface area contributed by atoms with E-state index in [2.05, 4.69) is 10.3 Å². The Labute approximate surface area is 225 Å². The average molecular weight is 552 g/mol. The number of aromatic nitrogens is 3. The van der Waals surface area contributed by atoms with Gasteiger partial charge in [-0.15, -0.1) is 5.10 Å². The lowest BCUT2D eigenvalue weighted by molar-refractivity contribution is -0.128. The van der Waals surface area contributed by atoms with Crippen molar-refractivity contribution in [1.29, 1.82) is 0 Å². The number of hydrogen-bond acceptors (Lipinski definition) is 6. The Balaban J connectivity index is 1.50. The van der Waals surface area contributed by atoms with Crippen molar-refractivity contribution in [3.8, 4) is 5.75 Å². The van der Waals surface area contributed by atoms with Gasteiger partial charge in [0.25, 0.3) is 6.43 Å². The van der Waals surface area contributed by atoms with Crippen LogP contribution < -0.4 is 4.74 Å². The van der Waals surface area contributed by atoms with Crippen molar-refractivity contribution in [1.82, 2.24) is 24.8 Å². The molecule has 2 aromatic rings. The summed E-state index contributed by atoms with van der Waals surface area (Å²) >= 11 is 6.61. The molecule has 2 amide bonds. The Hall–Kier alpha value is -2.95. The minimum Gasteiger partial charge on any atom is -0.487 e. The van der Waals surface area contributed by atoms with E-state index in [1.54, 1.807) is 37.8 Å². The van der Waals surface area contributed by atoms with Crippen molar-refractivity contribution in [3.05, 3.63) is 39.7 Å². The summed E-state index contributed by atoms with van der Waals surface area (Å²) in [5.74, 6) is 0.450. The molecule has 1 saturated carbocycles. The van der Waals surface area contributed by atoms with Gasteiger partial charge < -0.3 is 14.4 Å². The van der Waals surface area contributed by atoms with Gasteiger partial charge in [-0.3, -0.25) is 9.69 Å². The number of ether oxygens (including phenoxy) is 2. The Bertz CT molecular complexity index is 1260. The topological polar surface area (TPSA) is 89.8 Å². The van der Waals surface area contributed by atoms with Gasteiger partial charge in [0.15, 0.2) is 0 Å². The molecule has 1 saturated heterocycles. The highest BCUT2D eigenvalue weighted by Gasteiger charge is 2.52. The SMILES string of the molecule is Cn1nnc(COc2ccc(Cl)c3c2[C@@H](CN2CC4(CC4)CC2=O)N(C(=O)OC(C)(C)C)CC3)c1C(F)F. The Morgan fingerprint density at radius 3 is 2.66 bits per heavy atom. The van der Waals surface area contributed by atoms with Crippen LogP contribution in [0, 0.1) is 5.41 Å². The molecule has 0 radical (unpaired) electrons. The lowest BCUT2D eigenvalue weighted by atomic mass is 9.91. The molecule has 206 valence electrons. The minimum absolute atomic E-state index is 0.0213. The van der Waals surface area contributed by atoms with Gasteiger partial charge in [0.2, 0.25) is 5.91 Å². The molecular formula is C26H32ClF2N5O4. The van der Waals surface area contributed by atoms with E-state index in [1.807, 2.05) is 4.90 Å². The zero-order valence-corrected chi connectivity index (χ0v) is 22.7. The highest BCUT2D eigenvalue weighted by atomic mass is 35.5. The molecule has 0 bridgehead atoms. The van der Waals surface area contributed by atoms with Gasteiger partial charge in [-0.25, -0.2) is 18.3 Å². The number of likely N-dealkylation sites (tertiary alicyclic amines) is 1. The van der Waals surface area contributed by atoms with E-state index in [4.69, 9.17) is 21.1 Å². The van der Waals surface area contributed by atoms with Crippen molar-refractivity contribution >= 4 is 23.6 Å². The summed E-state index contributed by atoms with van der Waals surface area (Å²) in [4.78, 5) is 29.7. The molecule has 0 unspecified atom stereocenters. The molecule has 1 atom stereocenters. The maximum atomic E-state index is 13.6. The molecule has 1 aliphatic carbocycles. The summed E-state index contributed by atoms with van der Waals surface area (Å²) in [6.45, 7) is 6.41. The number of carbonyl (C=O) groups excluding carboxylic acids is 2. The molecule has 12 heteroatoms. The van der Waals surface area contributed by atoms with Crippen LogP contribution in [0.4, 0.5) is 13.6 Å². The van der Waals surface area contributed by atoms with E-state index in [9.17, 15) is 18.4 Å². The van der Waals surface area contributed by atoms with Crippen molar-refractivity contribution in [2.75, 3.05) is 19.6 Å². The highest BCUT2D eigenvalue weighted by molar-refractivity contribution is 6.31. The van der Waals surface area contributed by atoms with Gasteiger partial charge in [0.05, 0.1) is 6.04 Å². The number of alkyl halides is 2. The molecule has 2 fully saturated rings. The number of amides is 2. The maximum Gasteiger partial charge on any atom is 0.410 e. The normalized spacial score (nSPS) is 20.3. The van der Waals surface area contributed by atoms with Crippen LogP contribution in [0.5, 0.6) is 5.75 Å². The lowest BCUT2D eigenvalue weighted by Gasteiger charge is -2.40. The van der Waals surface area contributed by atoms with Crippen LogP contribution in [-0.4, -0.2) is 62.0 Å². The molecule has 38 heavy (non-hydrogen) atoms. The van der Waals surface area contributed by atoms with Crippen LogP contribution in [0.2, 0.25) is 5.02 Å². The monoisotopic (exact) mass is 551 g/mol. The summed E-state index contributed by atoms with van der Waals surface area (Å²) in [5, 5.41) is 8.06. The standard InChI is InChI=1S/C26H32ClF2N5O4/c1-25(2,3)38-24(36)34-10-7-15-16(27)5-6-19(37-13-17-22(23(28)29)32(4)31-30-17)21(15)18(34)12-33-14-26(8-9-26)11-20(33)35/h5-6,18,23H,7-14H2,1-4H3/t18-/m1/s1. The molecule has 0 N–H and O–H groups in total. The van der Waals surface area contributed by atoms with Crippen molar-refractivity contribution < 1.29 is 27.8 Å². The maximum absolute atomic E-state index is 13.6. The van der Waals surface area contributed by atoms with Crippen molar-refractivity contribution in [3.63, 3.8) is 0 Å². The lowest BCUT2D eigenvalue weighted by Crippen LogP contribution is -2.47. The van der Waals surface area contributed by atoms with Gasteiger partial charge in [0, 0.05) is 43.7 Å². The molecule has 1 spiro atoms. The van der Waals surface area contributed by atoms with Crippen LogP contribution in [0.3, 0.4) is 0 Å². The third-order valence-corrected chi connectivity index (χ3v) is 7.82. The Kier molecular flexibility index (Phi) is 6.77. The number of benzene rings is 1. The molecule has 1 aromatic heterocycles. The van der Waals surface area contributed by atoms with Gasteiger partial charge in [-0.1, -0.05) is 16.8 Å². The van der Waals surface area contributed by atoms with E-state index >= 15 is 0 Å². The summed E-state index contributed by atoms with van der Waals surface area (Å²) in [6, 6.07) is 2.77. The second-order valence-electron chi connectivity index (χ2n) is 11.5. The average Bonchev–Trinajstić information content (AvgIpc) is 3.35. The Morgan fingerprint density at radius 2 is 2.03 bits per heavy atom. The van der Waals surface area contributed by atoms with Gasteiger partial charge in [0.1, 0.15) is 29.3 Å². The quantitative estimate of drug-likeness (QED) is 0.511. The van der Waals surface area contributed by atoms with Crippen molar-refractivity contribution in [2.24, 2.45) is 12.5 Å². The third kappa shape index (κ3) is 5.17. The molecule has 5 rings (SSSR count). The predicted molar refractivity (Wildman–Crippen MR) is 134 cm³/mol. The smallest absolute Gasteiger partial charge is 0.410 e. The van der Waals surface area contributed by atoms with E-state index < -0.39 is 24.2 Å². The number of halogens is 3. The first-order valence-corrected chi connectivity index (χ1v) is 13.1. The summed E-state index contributed by atoms with van der Waals surface area (Å²) in [5.41, 5.74) is 0.493. The first-order chi connectivity index (χ1) is 17.9. The van der Waals surface area contributed by atoms with Gasteiger partial charge in [-0.05, 0) is 63.1 Å². The largest absolute Gasteiger partial charge is 0.487 e. The van der Waals surface area contributed by atoms with E-state index in [-0.39, 0.29) is 35.9 Å². The first kappa shape index (κ1) is 26.6. The number of rotatable bonds is 6. The van der Waals surface area contributed by atoms with Crippen LogP contribution in [0.15, 0.2) is 12.1 Å². The summed E-state index contributed by atoms with van der Waals surface area (Å²) in [6.07, 6.45) is -0.249. The van der Waals surface area contributed by atoms with E-state index in [0.29, 0.717) is 42.3 Å². The molecular weight excluding hydrogens is 520 g/mol. The van der Waals surface area contributed by atoms with E-state index in [1.165, 1.54) is 7.05 Å². The van der Waals surface area contributed by atoms with Crippen LogP contribution in [-0.2, 0) is 29.6 Å². The van der Waals surface area contributed by atoms with Gasteiger partial charge >= 0.3 is 6.09 Å². The summed E-state index contributed by atoms with van der Waals surface area (Å²) in [7, 11) is 1.40. The second-order valence-corrected chi connectivity index (χ2v) is 11.9. The Morgan fingerprint density at radius 1 is 1.29 bits per heavy atom. The number of nitrogens with zero attached hydrogens (tertiary/aromatic N) is 5. The zero-order valence-electron chi connectivity index (χ0n) is 22.0. The fourth-order valence-corrected chi connectivity index (χ4v) is 5.69. The van der Waals surface area contributed by atoms with Crippen LogP contribution in [0.25, 0.3) is 0 Å². The molecule has 9 nitrogen and oxygen atoms in total. The second kappa shape index (κ2) is 9.66. The van der Waals surface area contributed by atoms with Crippen molar-refractivity contribution in [2.45, 2.75) is 71.1 Å². The first-order valence-electron chi connectivity index (χ1n) is 12.8. The number of aryl methyl sites for hydroxylation is 1. The minimum atomic E-state index is -2.76. The van der Waals surface area contributed by atoms with Crippen LogP contribution in [0.1, 0.15) is 75.0 Å². The highest BCUT2D eigenvalue weighted by Crippen LogP contribution is 2.53. The third-order valence-electron chi connectivity index (χ3n) is 7.47. The molecule has 3 aliphatic rings. The number of fused-ring (bicyclic) bond motifs is 1. The summed E-state index contributed by atoms with van der Waals surface area (Å²) < 4.78 is 40.0. The molecule has 1 aromatic carbocycles. The van der Waals surface area contributed by atoms with Crippen LogP contribution >= 0.6 is 11.6 Å². The fraction of sp³-hybridized carbons (Fsp3) is 0.615. The van der Waals surface area contributed by atoms with E-state index in [0.717, 1.165) is 23.1 Å². The zero-order chi connectivity index (χ0) is 27.4.